The van der Waals surface area contributed by atoms with Gasteiger partial charge >= 0.3 is 6.03 Å². The number of aryl methyl sites for hydroxylation is 2. The summed E-state index contributed by atoms with van der Waals surface area (Å²) in [5, 5.41) is 4.33. The lowest BCUT2D eigenvalue weighted by molar-refractivity contribution is 0.208. The summed E-state index contributed by atoms with van der Waals surface area (Å²) < 4.78 is 0. The van der Waals surface area contributed by atoms with Crippen LogP contribution in [0.3, 0.4) is 0 Å². The Morgan fingerprint density at radius 1 is 1.18 bits per heavy atom. The molecule has 0 unspecified atom stereocenters. The van der Waals surface area contributed by atoms with Crippen LogP contribution in [0.1, 0.15) is 43.0 Å². The molecule has 1 saturated heterocycles. The van der Waals surface area contributed by atoms with E-state index in [1.54, 1.807) is 11.8 Å². The molecule has 6 nitrogen and oxygen atoms in total. The minimum absolute atomic E-state index is 0.0297. The van der Waals surface area contributed by atoms with E-state index in [1.807, 2.05) is 40.5 Å². The van der Waals surface area contributed by atoms with E-state index in [9.17, 15) is 4.79 Å². The van der Waals surface area contributed by atoms with Gasteiger partial charge in [-0.15, -0.1) is 23.1 Å². The first kappa shape index (κ1) is 23.4. The number of aromatic nitrogens is 2. The topological polar surface area (TPSA) is 61.4 Å². The zero-order valence-electron chi connectivity index (χ0n) is 20.3. The van der Waals surface area contributed by atoms with E-state index in [1.165, 1.54) is 27.1 Å². The number of hydrogen-bond donors (Lipinski definition) is 1. The fourth-order valence-electron chi connectivity index (χ4n) is 4.93. The predicted octanol–water partition coefficient (Wildman–Crippen LogP) is 5.84. The fraction of sp³-hybridized carbons (Fsp3) is 0.500. The van der Waals surface area contributed by atoms with Gasteiger partial charge in [-0.2, -0.15) is 0 Å². The van der Waals surface area contributed by atoms with Crippen LogP contribution in [0.4, 0.5) is 16.3 Å². The summed E-state index contributed by atoms with van der Waals surface area (Å²) in [6, 6.07) is 7.97. The van der Waals surface area contributed by atoms with Crippen LogP contribution in [0.25, 0.3) is 10.2 Å². The molecule has 1 aromatic carbocycles. The second-order valence-electron chi connectivity index (χ2n) is 9.38. The van der Waals surface area contributed by atoms with Gasteiger partial charge in [0, 0.05) is 48.1 Å². The quantitative estimate of drug-likeness (QED) is 0.450. The van der Waals surface area contributed by atoms with Crippen LogP contribution in [0.2, 0.25) is 0 Å². The number of thioether (sulfide) groups is 1. The van der Waals surface area contributed by atoms with Crippen molar-refractivity contribution in [2.75, 3.05) is 42.7 Å². The lowest BCUT2D eigenvalue weighted by Crippen LogP contribution is -2.50. The monoisotopic (exact) mass is 495 g/mol. The first-order chi connectivity index (χ1) is 16.6. The molecular weight excluding hydrogens is 462 g/mol. The van der Waals surface area contributed by atoms with Crippen LogP contribution in [0.15, 0.2) is 29.2 Å². The Hall–Kier alpha value is -2.32. The number of piperazine rings is 1. The maximum Gasteiger partial charge on any atom is 0.321 e. The maximum atomic E-state index is 12.9. The lowest BCUT2D eigenvalue weighted by Gasteiger charge is -2.36. The standard InChI is InChI=1S/C26H33N5OS2/c1-4-5-22-28-24(23-20-11-6-17(2)16-21(20)34-25(23)29-22)30-12-14-31(15-13-30)26(32)27-18-7-9-19(33-3)10-8-18/h7-10,17H,4-6,11-16H2,1-3H3,(H,27,32)/t17-/m0/s1. The van der Waals surface area contributed by atoms with Gasteiger partial charge in [0.2, 0.25) is 0 Å². The number of nitrogens with one attached hydrogen (secondary N) is 1. The van der Waals surface area contributed by atoms with Crippen LogP contribution in [0, 0.1) is 5.92 Å². The molecule has 0 saturated carbocycles. The SMILES string of the molecule is CCCc1nc(N2CCN(C(=O)Nc3ccc(SC)cc3)CC2)c2c3c(sc2n1)C[C@@H](C)CC3. The van der Waals surface area contributed by atoms with Crippen LogP contribution >= 0.6 is 23.1 Å². The molecule has 0 radical (unpaired) electrons. The highest BCUT2D eigenvalue weighted by Crippen LogP contribution is 2.41. The van der Waals surface area contributed by atoms with Gasteiger partial charge in [0.15, 0.2) is 0 Å². The molecule has 1 aliphatic heterocycles. The number of anilines is 2. The van der Waals surface area contributed by atoms with Crippen molar-refractivity contribution in [2.45, 2.75) is 50.8 Å². The van der Waals surface area contributed by atoms with Crippen LogP contribution in [-0.4, -0.2) is 53.3 Å². The van der Waals surface area contributed by atoms with Gasteiger partial charge in [0.1, 0.15) is 16.5 Å². The van der Waals surface area contributed by atoms with E-state index in [4.69, 9.17) is 9.97 Å². The van der Waals surface area contributed by atoms with Crippen molar-refractivity contribution in [3.8, 4) is 0 Å². The van der Waals surface area contributed by atoms with Crippen molar-refractivity contribution in [1.82, 2.24) is 14.9 Å². The predicted molar refractivity (Wildman–Crippen MR) is 144 cm³/mol. The second kappa shape index (κ2) is 10.1. The number of hydrogen-bond acceptors (Lipinski definition) is 6. The van der Waals surface area contributed by atoms with Crippen molar-refractivity contribution >= 4 is 50.9 Å². The van der Waals surface area contributed by atoms with Gasteiger partial charge < -0.3 is 15.1 Å². The molecule has 1 atom stereocenters. The molecule has 2 aromatic heterocycles. The van der Waals surface area contributed by atoms with E-state index in [0.717, 1.165) is 66.9 Å². The molecule has 1 aliphatic carbocycles. The number of rotatable bonds is 5. The van der Waals surface area contributed by atoms with E-state index in [2.05, 4.69) is 30.3 Å². The third kappa shape index (κ3) is 4.75. The average Bonchev–Trinajstić information content (AvgIpc) is 3.21. The number of carbonyl (C=O) groups is 1. The lowest BCUT2D eigenvalue weighted by atomic mass is 9.89. The number of nitrogens with zero attached hydrogens (tertiary/aromatic N) is 4. The summed E-state index contributed by atoms with van der Waals surface area (Å²) in [4.78, 5) is 31.0. The number of urea groups is 1. The molecule has 5 rings (SSSR count). The van der Waals surface area contributed by atoms with Crippen LogP contribution in [-0.2, 0) is 19.3 Å². The smallest absolute Gasteiger partial charge is 0.321 e. The molecule has 1 fully saturated rings. The molecule has 8 heteroatoms. The molecule has 3 aromatic rings. The third-order valence-corrected chi connectivity index (χ3v) is 8.76. The Balaban J connectivity index is 1.34. The first-order valence-electron chi connectivity index (χ1n) is 12.3. The molecule has 0 bridgehead atoms. The summed E-state index contributed by atoms with van der Waals surface area (Å²) in [5.41, 5.74) is 2.32. The summed E-state index contributed by atoms with van der Waals surface area (Å²) in [5.74, 6) is 2.78. The van der Waals surface area contributed by atoms with Crippen molar-refractivity contribution in [3.05, 3.63) is 40.5 Å². The highest BCUT2D eigenvalue weighted by Gasteiger charge is 2.28. The van der Waals surface area contributed by atoms with E-state index in [-0.39, 0.29) is 6.03 Å². The van der Waals surface area contributed by atoms with Crippen molar-refractivity contribution in [1.29, 1.82) is 0 Å². The zero-order valence-corrected chi connectivity index (χ0v) is 21.9. The molecule has 2 aliphatic rings. The summed E-state index contributed by atoms with van der Waals surface area (Å²) in [7, 11) is 0. The maximum absolute atomic E-state index is 12.9. The minimum Gasteiger partial charge on any atom is -0.352 e. The minimum atomic E-state index is -0.0297. The summed E-state index contributed by atoms with van der Waals surface area (Å²) in [6.07, 6.45) is 7.51. The Morgan fingerprint density at radius 2 is 1.94 bits per heavy atom. The van der Waals surface area contributed by atoms with Gasteiger partial charge in [-0.05, 0) is 67.7 Å². The molecule has 1 N–H and O–H groups in total. The van der Waals surface area contributed by atoms with Crippen molar-refractivity contribution in [2.24, 2.45) is 5.92 Å². The Bertz CT molecular complexity index is 1170. The number of benzene rings is 1. The molecule has 180 valence electrons. The molecule has 0 spiro atoms. The first-order valence-corrected chi connectivity index (χ1v) is 14.4. The van der Waals surface area contributed by atoms with E-state index in [0.29, 0.717) is 13.1 Å². The van der Waals surface area contributed by atoms with Gasteiger partial charge in [-0.3, -0.25) is 0 Å². The second-order valence-corrected chi connectivity index (χ2v) is 11.3. The van der Waals surface area contributed by atoms with Gasteiger partial charge in [-0.25, -0.2) is 14.8 Å². The zero-order chi connectivity index (χ0) is 23.7. The Labute approximate surface area is 210 Å². The van der Waals surface area contributed by atoms with Crippen molar-refractivity contribution in [3.63, 3.8) is 0 Å². The molecular formula is C26H33N5OS2. The Kier molecular flexibility index (Phi) is 6.97. The molecule has 3 heterocycles. The van der Waals surface area contributed by atoms with E-state index < -0.39 is 0 Å². The number of fused-ring (bicyclic) bond motifs is 3. The highest BCUT2D eigenvalue weighted by molar-refractivity contribution is 7.98. The van der Waals surface area contributed by atoms with Crippen LogP contribution in [0.5, 0.6) is 0 Å². The van der Waals surface area contributed by atoms with Crippen LogP contribution < -0.4 is 10.2 Å². The van der Waals surface area contributed by atoms with Gasteiger partial charge in [-0.1, -0.05) is 13.8 Å². The fourth-order valence-corrected chi connectivity index (χ4v) is 6.73. The average molecular weight is 496 g/mol. The summed E-state index contributed by atoms with van der Waals surface area (Å²) >= 11 is 3.58. The molecule has 34 heavy (non-hydrogen) atoms. The molecule has 2 amide bonds. The largest absolute Gasteiger partial charge is 0.352 e. The number of amides is 2. The highest BCUT2D eigenvalue weighted by atomic mass is 32.2. The summed E-state index contributed by atoms with van der Waals surface area (Å²) in [6.45, 7) is 7.48. The Morgan fingerprint density at radius 3 is 2.65 bits per heavy atom. The van der Waals surface area contributed by atoms with Crippen molar-refractivity contribution < 1.29 is 4.79 Å². The number of carbonyl (C=O) groups excluding carboxylic acids is 1. The third-order valence-electron chi connectivity index (χ3n) is 6.86. The van der Waals surface area contributed by atoms with Gasteiger partial charge in [0.05, 0.1) is 5.39 Å². The number of thiophene rings is 1. The van der Waals surface area contributed by atoms with Gasteiger partial charge in [0.25, 0.3) is 0 Å². The normalized spacial score (nSPS) is 18.3. The van der Waals surface area contributed by atoms with E-state index >= 15 is 0 Å².